The molecule has 0 bridgehead atoms. The third-order valence-corrected chi connectivity index (χ3v) is 3.40. The number of halogens is 1. The fourth-order valence-electron chi connectivity index (χ4n) is 1.90. The number of H-pyrrole nitrogens is 1. The average molecular weight is 347 g/mol. The van der Waals surface area contributed by atoms with Crippen LogP contribution in [-0.4, -0.2) is 34.3 Å². The second kappa shape index (κ2) is 6.99. The third kappa shape index (κ3) is 3.46. The molecular formula is C15H15BrN4O. The van der Waals surface area contributed by atoms with Gasteiger partial charge in [0.1, 0.15) is 0 Å². The highest BCUT2D eigenvalue weighted by atomic mass is 79.9. The monoisotopic (exact) mass is 346 g/mol. The molecule has 1 aromatic carbocycles. The van der Waals surface area contributed by atoms with Gasteiger partial charge in [-0.1, -0.05) is 33.3 Å². The molecule has 1 heterocycles. The Morgan fingerprint density at radius 2 is 1.86 bits per heavy atom. The van der Waals surface area contributed by atoms with Gasteiger partial charge in [0.05, 0.1) is 0 Å². The second-order valence-corrected chi connectivity index (χ2v) is 5.24. The Kier molecular flexibility index (Phi) is 5.05. The van der Waals surface area contributed by atoms with Gasteiger partial charge in [-0.2, -0.15) is 0 Å². The van der Waals surface area contributed by atoms with Crippen LogP contribution in [0.5, 0.6) is 0 Å². The molecule has 2 rings (SSSR count). The number of hydrogen-bond acceptors (Lipinski definition) is 4. The largest absolute Gasteiger partial charge is 0.348 e. The minimum absolute atomic E-state index is 0.177. The molecule has 0 aliphatic heterocycles. The summed E-state index contributed by atoms with van der Waals surface area (Å²) in [6.45, 7) is 8.56. The van der Waals surface area contributed by atoms with E-state index in [9.17, 15) is 4.79 Å². The van der Waals surface area contributed by atoms with Crippen molar-refractivity contribution in [3.8, 4) is 0 Å². The zero-order chi connectivity index (χ0) is 15.2. The first kappa shape index (κ1) is 15.2. The lowest BCUT2D eigenvalue weighted by Crippen LogP contribution is -2.25. The quantitative estimate of drug-likeness (QED) is 0.618. The fraction of sp³-hybridized carbons (Fsp3) is 0.133. The molecule has 0 aliphatic rings. The van der Waals surface area contributed by atoms with Crippen LogP contribution in [0.1, 0.15) is 16.1 Å². The number of ketones is 1. The van der Waals surface area contributed by atoms with E-state index in [2.05, 4.69) is 44.5 Å². The zero-order valence-electron chi connectivity index (χ0n) is 11.4. The summed E-state index contributed by atoms with van der Waals surface area (Å²) in [5.74, 6) is 0.395. The smallest absolute Gasteiger partial charge is 0.217 e. The maximum absolute atomic E-state index is 12.5. The summed E-state index contributed by atoms with van der Waals surface area (Å²) in [5.41, 5.74) is 0.853. The van der Waals surface area contributed by atoms with Crippen LogP contribution in [-0.2, 0) is 0 Å². The molecule has 1 N–H and O–H groups in total. The molecule has 0 saturated heterocycles. The molecule has 1 aromatic heterocycles. The number of nitrogens with one attached hydrogen (secondary N) is 1. The number of aromatic amines is 1. The molecule has 2 aromatic rings. The Morgan fingerprint density at radius 1 is 1.24 bits per heavy atom. The van der Waals surface area contributed by atoms with Gasteiger partial charge in [-0.3, -0.25) is 4.79 Å². The van der Waals surface area contributed by atoms with Gasteiger partial charge in [0.15, 0.2) is 11.5 Å². The standard InChI is InChI=1S/C15H15BrN4O/c1-3-9-20(10-4-2)15-13(17-19-18-15)14(21)11-5-7-12(16)8-6-11/h3-8H,1-2,9-10H2,(H,17,18,19). The second-order valence-electron chi connectivity index (χ2n) is 4.33. The van der Waals surface area contributed by atoms with E-state index in [4.69, 9.17) is 0 Å². The molecule has 0 spiro atoms. The molecule has 5 nitrogen and oxygen atoms in total. The molecule has 0 saturated carbocycles. The summed E-state index contributed by atoms with van der Waals surface area (Å²) in [4.78, 5) is 14.4. The van der Waals surface area contributed by atoms with Gasteiger partial charge in [0.2, 0.25) is 5.78 Å². The maximum Gasteiger partial charge on any atom is 0.217 e. The van der Waals surface area contributed by atoms with E-state index < -0.39 is 0 Å². The summed E-state index contributed by atoms with van der Waals surface area (Å²) in [6, 6.07) is 7.13. The third-order valence-electron chi connectivity index (χ3n) is 2.87. The van der Waals surface area contributed by atoms with Crippen LogP contribution in [0.15, 0.2) is 54.0 Å². The number of nitrogens with zero attached hydrogens (tertiary/aromatic N) is 3. The summed E-state index contributed by atoms with van der Waals surface area (Å²) in [7, 11) is 0. The van der Waals surface area contributed by atoms with Crippen molar-refractivity contribution in [3.63, 3.8) is 0 Å². The van der Waals surface area contributed by atoms with Crippen LogP contribution in [0.3, 0.4) is 0 Å². The molecule has 21 heavy (non-hydrogen) atoms. The van der Waals surface area contributed by atoms with Crippen LogP contribution >= 0.6 is 15.9 Å². The van der Waals surface area contributed by atoms with Crippen molar-refractivity contribution < 1.29 is 4.79 Å². The predicted octanol–water partition coefficient (Wildman–Crippen LogP) is 2.98. The van der Waals surface area contributed by atoms with E-state index in [1.165, 1.54) is 0 Å². The average Bonchev–Trinajstić information content (AvgIpc) is 2.96. The van der Waals surface area contributed by atoms with E-state index in [0.29, 0.717) is 30.2 Å². The van der Waals surface area contributed by atoms with Crippen LogP contribution in [0, 0.1) is 0 Å². The summed E-state index contributed by atoms with van der Waals surface area (Å²) < 4.78 is 0.916. The molecule has 6 heteroatoms. The number of benzene rings is 1. The summed E-state index contributed by atoms with van der Waals surface area (Å²) in [5, 5.41) is 10.5. The minimum Gasteiger partial charge on any atom is -0.348 e. The van der Waals surface area contributed by atoms with Crippen LogP contribution in [0.25, 0.3) is 0 Å². The molecule has 0 aliphatic carbocycles. The van der Waals surface area contributed by atoms with Crippen molar-refractivity contribution >= 4 is 27.5 Å². The minimum atomic E-state index is -0.177. The SMILES string of the molecule is C=CCN(CC=C)c1[nH]nnc1C(=O)c1ccc(Br)cc1. The van der Waals surface area contributed by atoms with Gasteiger partial charge in [-0.25, -0.2) is 5.10 Å². The van der Waals surface area contributed by atoms with Crippen molar-refractivity contribution in [2.75, 3.05) is 18.0 Å². The molecule has 0 fully saturated rings. The molecule has 108 valence electrons. The lowest BCUT2D eigenvalue weighted by Gasteiger charge is -2.19. The van der Waals surface area contributed by atoms with Crippen LogP contribution in [0.2, 0.25) is 0 Å². The highest BCUT2D eigenvalue weighted by Crippen LogP contribution is 2.20. The predicted molar refractivity (Wildman–Crippen MR) is 86.6 cm³/mol. The van der Waals surface area contributed by atoms with E-state index in [0.717, 1.165) is 4.47 Å². The fourth-order valence-corrected chi connectivity index (χ4v) is 2.17. The van der Waals surface area contributed by atoms with Gasteiger partial charge in [-0.15, -0.1) is 18.3 Å². The highest BCUT2D eigenvalue weighted by Gasteiger charge is 2.21. The maximum atomic E-state index is 12.5. The number of carbonyl (C=O) groups excluding carboxylic acids is 1. The van der Waals surface area contributed by atoms with E-state index in [1.54, 1.807) is 24.3 Å². The molecule has 0 amide bonds. The van der Waals surface area contributed by atoms with E-state index in [1.807, 2.05) is 17.0 Å². The number of carbonyl (C=O) groups is 1. The van der Waals surface area contributed by atoms with Crippen molar-refractivity contribution in [2.24, 2.45) is 0 Å². The molecule has 0 radical (unpaired) electrons. The van der Waals surface area contributed by atoms with Crippen molar-refractivity contribution in [2.45, 2.75) is 0 Å². The molecule has 0 atom stereocenters. The molecular weight excluding hydrogens is 332 g/mol. The number of hydrogen-bond donors (Lipinski definition) is 1. The number of anilines is 1. The van der Waals surface area contributed by atoms with Gasteiger partial charge < -0.3 is 4.90 Å². The lowest BCUT2D eigenvalue weighted by atomic mass is 10.1. The Balaban J connectivity index is 2.34. The van der Waals surface area contributed by atoms with Crippen molar-refractivity contribution in [1.82, 2.24) is 15.4 Å². The first-order valence-electron chi connectivity index (χ1n) is 6.35. The number of aromatic nitrogens is 3. The lowest BCUT2D eigenvalue weighted by molar-refractivity contribution is 0.103. The van der Waals surface area contributed by atoms with E-state index in [-0.39, 0.29) is 5.78 Å². The van der Waals surface area contributed by atoms with Gasteiger partial charge in [0.25, 0.3) is 0 Å². The van der Waals surface area contributed by atoms with Crippen molar-refractivity contribution in [3.05, 3.63) is 65.3 Å². The summed E-state index contributed by atoms with van der Waals surface area (Å²) >= 11 is 3.35. The number of rotatable bonds is 7. The van der Waals surface area contributed by atoms with Crippen LogP contribution < -0.4 is 4.90 Å². The van der Waals surface area contributed by atoms with Crippen LogP contribution in [0.4, 0.5) is 5.82 Å². The Labute approximate surface area is 131 Å². The normalized spacial score (nSPS) is 10.1. The Morgan fingerprint density at radius 3 is 2.43 bits per heavy atom. The first-order valence-corrected chi connectivity index (χ1v) is 7.14. The van der Waals surface area contributed by atoms with Gasteiger partial charge in [0, 0.05) is 23.1 Å². The first-order chi connectivity index (χ1) is 10.2. The highest BCUT2D eigenvalue weighted by molar-refractivity contribution is 9.10. The zero-order valence-corrected chi connectivity index (χ0v) is 13.0. The molecule has 0 unspecified atom stereocenters. The Hall–Kier alpha value is -2.21. The van der Waals surface area contributed by atoms with Gasteiger partial charge in [-0.05, 0) is 24.3 Å². The topological polar surface area (TPSA) is 61.9 Å². The van der Waals surface area contributed by atoms with Crippen molar-refractivity contribution in [1.29, 1.82) is 0 Å². The summed E-state index contributed by atoms with van der Waals surface area (Å²) in [6.07, 6.45) is 3.50. The van der Waals surface area contributed by atoms with Gasteiger partial charge >= 0.3 is 0 Å². The Bertz CT molecular complexity index is 638. The van der Waals surface area contributed by atoms with E-state index >= 15 is 0 Å².